The van der Waals surface area contributed by atoms with Crippen LogP contribution in [-0.4, -0.2) is 44.2 Å². The number of halogens is 1. The van der Waals surface area contributed by atoms with Crippen LogP contribution in [0.3, 0.4) is 0 Å². The van der Waals surface area contributed by atoms with E-state index in [1.54, 1.807) is 0 Å². The second kappa shape index (κ2) is 7.87. The van der Waals surface area contributed by atoms with Gasteiger partial charge in [0.15, 0.2) is 0 Å². The van der Waals surface area contributed by atoms with Gasteiger partial charge in [-0.2, -0.15) is 0 Å². The van der Waals surface area contributed by atoms with E-state index in [1.807, 2.05) is 12.1 Å². The summed E-state index contributed by atoms with van der Waals surface area (Å²) in [7, 11) is 0. The third-order valence-electron chi connectivity index (χ3n) is 4.03. The van der Waals surface area contributed by atoms with Gasteiger partial charge in [0.05, 0.1) is 0 Å². The molecule has 1 aliphatic heterocycles. The molecule has 1 saturated heterocycles. The van der Waals surface area contributed by atoms with Crippen molar-refractivity contribution in [3.05, 3.63) is 29.3 Å². The van der Waals surface area contributed by atoms with Crippen LogP contribution < -0.4 is 10.6 Å². The normalized spacial score (nSPS) is 18.2. The van der Waals surface area contributed by atoms with Crippen LogP contribution in [0.2, 0.25) is 5.02 Å². The van der Waals surface area contributed by atoms with Crippen LogP contribution in [-0.2, 0) is 0 Å². The van der Waals surface area contributed by atoms with Crippen LogP contribution in [0.15, 0.2) is 24.3 Å². The molecular weight excluding hydrogens is 270 g/mol. The maximum atomic E-state index is 5.94. The van der Waals surface area contributed by atoms with Crippen LogP contribution in [0.25, 0.3) is 0 Å². The van der Waals surface area contributed by atoms with Gasteiger partial charge < -0.3 is 10.6 Å². The summed E-state index contributed by atoms with van der Waals surface area (Å²) in [6, 6.07) is 8.17. The van der Waals surface area contributed by atoms with Crippen molar-refractivity contribution in [3.8, 4) is 0 Å². The highest BCUT2D eigenvalue weighted by molar-refractivity contribution is 6.30. The van der Waals surface area contributed by atoms with Crippen LogP contribution in [0.4, 0.5) is 5.69 Å². The molecule has 2 N–H and O–H groups in total. The van der Waals surface area contributed by atoms with Crippen molar-refractivity contribution in [2.24, 2.45) is 11.7 Å². The molecule has 0 aromatic heterocycles. The standard InChI is InChI=1S/C16H26ClN3/c1-14(3-2-8-18)13-19-9-11-20(12-10-19)16-6-4-15(17)5-7-16/h4-7,14H,2-3,8-13,18H2,1H3. The van der Waals surface area contributed by atoms with Crippen molar-refractivity contribution < 1.29 is 0 Å². The van der Waals surface area contributed by atoms with Crippen LogP contribution in [0.1, 0.15) is 19.8 Å². The van der Waals surface area contributed by atoms with Crippen molar-refractivity contribution in [1.82, 2.24) is 4.90 Å². The van der Waals surface area contributed by atoms with Gasteiger partial charge >= 0.3 is 0 Å². The lowest BCUT2D eigenvalue weighted by Gasteiger charge is -2.37. The Morgan fingerprint density at radius 1 is 1.15 bits per heavy atom. The predicted molar refractivity (Wildman–Crippen MR) is 87.6 cm³/mol. The summed E-state index contributed by atoms with van der Waals surface area (Å²) >= 11 is 5.94. The van der Waals surface area contributed by atoms with E-state index in [4.69, 9.17) is 17.3 Å². The number of anilines is 1. The molecule has 0 saturated carbocycles. The quantitative estimate of drug-likeness (QED) is 0.876. The number of hydrogen-bond acceptors (Lipinski definition) is 3. The van der Waals surface area contributed by atoms with E-state index >= 15 is 0 Å². The molecule has 0 bridgehead atoms. The second-order valence-corrected chi connectivity index (χ2v) is 6.24. The molecule has 112 valence electrons. The van der Waals surface area contributed by atoms with E-state index in [1.165, 1.54) is 18.7 Å². The summed E-state index contributed by atoms with van der Waals surface area (Å²) < 4.78 is 0. The van der Waals surface area contributed by atoms with Gasteiger partial charge in [0.25, 0.3) is 0 Å². The van der Waals surface area contributed by atoms with Crippen molar-refractivity contribution in [2.75, 3.05) is 44.2 Å². The first-order chi connectivity index (χ1) is 9.69. The number of benzene rings is 1. The maximum Gasteiger partial charge on any atom is 0.0407 e. The molecule has 1 heterocycles. The molecule has 3 nitrogen and oxygen atoms in total. The summed E-state index contributed by atoms with van der Waals surface area (Å²) in [6.07, 6.45) is 2.39. The van der Waals surface area contributed by atoms with Crippen LogP contribution in [0.5, 0.6) is 0 Å². The molecule has 20 heavy (non-hydrogen) atoms. The van der Waals surface area contributed by atoms with E-state index in [2.05, 4.69) is 28.9 Å². The van der Waals surface area contributed by atoms with E-state index in [9.17, 15) is 0 Å². The number of hydrogen-bond donors (Lipinski definition) is 1. The van der Waals surface area contributed by atoms with Gasteiger partial charge in [-0.15, -0.1) is 0 Å². The lowest BCUT2D eigenvalue weighted by atomic mass is 10.0. The zero-order chi connectivity index (χ0) is 14.4. The largest absolute Gasteiger partial charge is 0.369 e. The Hall–Kier alpha value is -0.770. The molecule has 2 rings (SSSR count). The fourth-order valence-electron chi connectivity index (χ4n) is 2.84. The minimum absolute atomic E-state index is 0.751. The first-order valence-electron chi connectivity index (χ1n) is 7.62. The van der Waals surface area contributed by atoms with Crippen molar-refractivity contribution >= 4 is 17.3 Å². The molecule has 0 aliphatic carbocycles. The molecule has 1 aromatic rings. The van der Waals surface area contributed by atoms with Gasteiger partial charge in [-0.05, 0) is 49.6 Å². The zero-order valence-electron chi connectivity index (χ0n) is 12.4. The van der Waals surface area contributed by atoms with E-state index in [0.717, 1.165) is 50.1 Å². The third-order valence-corrected chi connectivity index (χ3v) is 4.29. The average molecular weight is 296 g/mol. The highest BCUT2D eigenvalue weighted by atomic mass is 35.5. The van der Waals surface area contributed by atoms with Gasteiger partial charge in [0, 0.05) is 43.4 Å². The fourth-order valence-corrected chi connectivity index (χ4v) is 2.96. The summed E-state index contributed by atoms with van der Waals surface area (Å²) in [5.74, 6) is 0.751. The van der Waals surface area contributed by atoms with Crippen molar-refractivity contribution in [3.63, 3.8) is 0 Å². The molecule has 1 aliphatic rings. The minimum atomic E-state index is 0.751. The van der Waals surface area contributed by atoms with Crippen LogP contribution in [0, 0.1) is 5.92 Å². The third kappa shape index (κ3) is 4.65. The lowest BCUT2D eigenvalue weighted by molar-refractivity contribution is 0.219. The summed E-state index contributed by atoms with van der Waals surface area (Å²) in [5, 5.41) is 0.807. The summed E-state index contributed by atoms with van der Waals surface area (Å²) in [4.78, 5) is 5.02. The second-order valence-electron chi connectivity index (χ2n) is 5.80. The number of nitrogens with zero attached hydrogens (tertiary/aromatic N) is 2. The molecule has 1 fully saturated rings. The topological polar surface area (TPSA) is 32.5 Å². The average Bonchev–Trinajstić information content (AvgIpc) is 2.47. The van der Waals surface area contributed by atoms with Gasteiger partial charge in [-0.25, -0.2) is 0 Å². The SMILES string of the molecule is CC(CCCN)CN1CCN(c2ccc(Cl)cc2)CC1. The van der Waals surface area contributed by atoms with Crippen molar-refractivity contribution in [1.29, 1.82) is 0 Å². The predicted octanol–water partition coefficient (Wildman–Crippen LogP) is 2.84. The number of piperazine rings is 1. The first-order valence-corrected chi connectivity index (χ1v) is 8.00. The minimum Gasteiger partial charge on any atom is -0.369 e. The Morgan fingerprint density at radius 3 is 2.40 bits per heavy atom. The molecular formula is C16H26ClN3. The lowest BCUT2D eigenvalue weighted by Crippen LogP contribution is -2.47. The smallest absolute Gasteiger partial charge is 0.0407 e. The molecule has 4 heteroatoms. The van der Waals surface area contributed by atoms with Crippen LogP contribution >= 0.6 is 11.6 Å². The monoisotopic (exact) mass is 295 g/mol. The fraction of sp³-hybridized carbons (Fsp3) is 0.625. The summed E-state index contributed by atoms with van der Waals surface area (Å²) in [5.41, 5.74) is 6.86. The Kier molecular flexibility index (Phi) is 6.14. The Bertz CT molecular complexity index is 385. The summed E-state index contributed by atoms with van der Waals surface area (Å²) in [6.45, 7) is 8.85. The van der Waals surface area contributed by atoms with E-state index in [0.29, 0.717) is 0 Å². The molecule has 1 aromatic carbocycles. The van der Waals surface area contributed by atoms with Gasteiger partial charge in [-0.3, -0.25) is 4.90 Å². The Balaban J connectivity index is 1.76. The number of nitrogens with two attached hydrogens (primary N) is 1. The highest BCUT2D eigenvalue weighted by Crippen LogP contribution is 2.20. The Morgan fingerprint density at radius 2 is 1.80 bits per heavy atom. The maximum absolute atomic E-state index is 5.94. The van der Waals surface area contributed by atoms with Crippen molar-refractivity contribution in [2.45, 2.75) is 19.8 Å². The Labute approximate surface area is 127 Å². The zero-order valence-corrected chi connectivity index (χ0v) is 13.1. The molecule has 0 amide bonds. The molecule has 1 atom stereocenters. The van der Waals surface area contributed by atoms with Gasteiger partial charge in [0.1, 0.15) is 0 Å². The highest BCUT2D eigenvalue weighted by Gasteiger charge is 2.18. The van der Waals surface area contributed by atoms with Gasteiger partial charge in [0.2, 0.25) is 0 Å². The van der Waals surface area contributed by atoms with E-state index < -0.39 is 0 Å². The molecule has 0 spiro atoms. The van der Waals surface area contributed by atoms with Gasteiger partial charge in [-0.1, -0.05) is 18.5 Å². The first kappa shape index (κ1) is 15.6. The molecule has 1 unspecified atom stereocenters. The number of rotatable bonds is 6. The molecule has 0 radical (unpaired) electrons. The van der Waals surface area contributed by atoms with E-state index in [-0.39, 0.29) is 0 Å².